The first kappa shape index (κ1) is 10.6. The molecule has 0 saturated heterocycles. The largest absolute Gasteiger partial charge is 0.464 e. The molecule has 1 rings (SSSR count). The first-order valence-electron chi connectivity index (χ1n) is 4.20. The Balaban J connectivity index is 3.08. The van der Waals surface area contributed by atoms with Crippen LogP contribution in [0.2, 0.25) is 0 Å². The lowest BCUT2D eigenvalue weighted by atomic mass is 10.1. The third-order valence-corrected chi connectivity index (χ3v) is 1.75. The Kier molecular flexibility index (Phi) is 2.84. The van der Waals surface area contributed by atoms with Gasteiger partial charge in [-0.3, -0.25) is 0 Å². The van der Waals surface area contributed by atoms with Gasteiger partial charge in [0.1, 0.15) is 11.4 Å². The van der Waals surface area contributed by atoms with E-state index in [1.807, 2.05) is 0 Å². The number of alkyl halides is 1. The summed E-state index contributed by atoms with van der Waals surface area (Å²) in [5, 5.41) is 0. The van der Waals surface area contributed by atoms with Gasteiger partial charge in [-0.15, -0.1) is 0 Å². The predicted molar refractivity (Wildman–Crippen MR) is 49.7 cm³/mol. The molecule has 0 spiro atoms. The summed E-state index contributed by atoms with van der Waals surface area (Å²) in [6.45, 7) is 2.77. The topological polar surface area (TPSA) is 39.2 Å². The van der Waals surface area contributed by atoms with Gasteiger partial charge >= 0.3 is 5.97 Å². The van der Waals surface area contributed by atoms with Crippen LogP contribution in [0.3, 0.4) is 0 Å². The fourth-order valence-electron chi connectivity index (χ4n) is 0.984. The monoisotopic (exact) mass is 197 g/mol. The number of methoxy groups -OCH3 is 1. The summed E-state index contributed by atoms with van der Waals surface area (Å²) in [5.41, 5.74) is -1.21. The second-order valence-electron chi connectivity index (χ2n) is 3.37. The Morgan fingerprint density at radius 3 is 2.64 bits per heavy atom. The van der Waals surface area contributed by atoms with Crippen molar-refractivity contribution in [2.75, 3.05) is 7.11 Å². The first-order valence-corrected chi connectivity index (χ1v) is 4.20. The quantitative estimate of drug-likeness (QED) is 0.681. The molecule has 0 aliphatic heterocycles. The highest BCUT2D eigenvalue weighted by molar-refractivity contribution is 5.87. The third kappa shape index (κ3) is 2.28. The normalized spacial score (nSPS) is 11.1. The SMILES string of the molecule is COC(=O)c1cccc(C(C)(C)F)n1. The minimum atomic E-state index is -1.55. The van der Waals surface area contributed by atoms with E-state index in [4.69, 9.17) is 0 Å². The van der Waals surface area contributed by atoms with Crippen LogP contribution in [-0.4, -0.2) is 18.1 Å². The zero-order valence-corrected chi connectivity index (χ0v) is 8.37. The molecule has 0 saturated carbocycles. The number of hydrogen-bond donors (Lipinski definition) is 0. The van der Waals surface area contributed by atoms with Crippen molar-refractivity contribution in [2.45, 2.75) is 19.5 Å². The average Bonchev–Trinajstić information content (AvgIpc) is 2.15. The van der Waals surface area contributed by atoms with Gasteiger partial charge in [-0.2, -0.15) is 0 Å². The predicted octanol–water partition coefficient (Wildman–Crippen LogP) is 2.07. The molecule has 1 heterocycles. The average molecular weight is 197 g/mol. The van der Waals surface area contributed by atoms with Crippen molar-refractivity contribution in [3.05, 3.63) is 29.6 Å². The molecule has 0 amide bonds. The smallest absolute Gasteiger partial charge is 0.356 e. The van der Waals surface area contributed by atoms with Crippen molar-refractivity contribution in [3.63, 3.8) is 0 Å². The first-order chi connectivity index (χ1) is 6.45. The van der Waals surface area contributed by atoms with Crippen LogP contribution in [0.5, 0.6) is 0 Å². The van der Waals surface area contributed by atoms with Gasteiger partial charge in [0.15, 0.2) is 0 Å². The Morgan fingerprint density at radius 2 is 2.14 bits per heavy atom. The number of carbonyl (C=O) groups is 1. The van der Waals surface area contributed by atoms with Crippen LogP contribution in [0.1, 0.15) is 30.0 Å². The zero-order chi connectivity index (χ0) is 10.8. The van der Waals surface area contributed by atoms with Crippen LogP contribution >= 0.6 is 0 Å². The van der Waals surface area contributed by atoms with Crippen molar-refractivity contribution >= 4 is 5.97 Å². The highest BCUT2D eigenvalue weighted by Crippen LogP contribution is 2.22. The van der Waals surface area contributed by atoms with Crippen molar-refractivity contribution in [2.24, 2.45) is 0 Å². The number of aromatic nitrogens is 1. The van der Waals surface area contributed by atoms with E-state index in [9.17, 15) is 9.18 Å². The Hall–Kier alpha value is -1.45. The van der Waals surface area contributed by atoms with Crippen LogP contribution in [-0.2, 0) is 10.4 Å². The molecule has 0 aliphatic carbocycles. The van der Waals surface area contributed by atoms with Gasteiger partial charge in [0.05, 0.1) is 12.8 Å². The van der Waals surface area contributed by atoms with Gasteiger partial charge in [-0.25, -0.2) is 14.2 Å². The maximum Gasteiger partial charge on any atom is 0.356 e. The van der Waals surface area contributed by atoms with Crippen molar-refractivity contribution in [1.82, 2.24) is 4.98 Å². The number of ether oxygens (including phenoxy) is 1. The van der Waals surface area contributed by atoms with Gasteiger partial charge in [-0.1, -0.05) is 6.07 Å². The van der Waals surface area contributed by atoms with Crippen LogP contribution in [0, 0.1) is 0 Å². The molecule has 0 aliphatic rings. The number of pyridine rings is 1. The molecule has 0 atom stereocenters. The fraction of sp³-hybridized carbons (Fsp3) is 0.400. The number of halogens is 1. The lowest BCUT2D eigenvalue weighted by molar-refractivity contribution is 0.0593. The molecule has 0 fully saturated rings. The van der Waals surface area contributed by atoms with Crippen LogP contribution < -0.4 is 0 Å². The summed E-state index contributed by atoms with van der Waals surface area (Å²) in [7, 11) is 1.26. The van der Waals surface area contributed by atoms with Gasteiger partial charge < -0.3 is 4.74 Å². The van der Waals surface area contributed by atoms with E-state index in [0.29, 0.717) is 0 Å². The summed E-state index contributed by atoms with van der Waals surface area (Å²) in [6, 6.07) is 4.60. The molecule has 1 aromatic rings. The highest BCUT2D eigenvalue weighted by Gasteiger charge is 2.21. The lowest BCUT2D eigenvalue weighted by Crippen LogP contribution is -2.14. The molecule has 0 unspecified atom stereocenters. The van der Waals surface area contributed by atoms with Gasteiger partial charge in [0.2, 0.25) is 0 Å². The third-order valence-electron chi connectivity index (χ3n) is 1.75. The molecule has 14 heavy (non-hydrogen) atoms. The summed E-state index contributed by atoms with van der Waals surface area (Å²) in [5.74, 6) is -0.559. The number of hydrogen-bond acceptors (Lipinski definition) is 3. The molecule has 0 bridgehead atoms. The molecular weight excluding hydrogens is 185 g/mol. The highest BCUT2D eigenvalue weighted by atomic mass is 19.1. The van der Waals surface area contributed by atoms with Crippen LogP contribution in [0.15, 0.2) is 18.2 Å². The zero-order valence-electron chi connectivity index (χ0n) is 8.37. The molecule has 4 heteroatoms. The van der Waals surface area contributed by atoms with Crippen molar-refractivity contribution < 1.29 is 13.9 Å². The van der Waals surface area contributed by atoms with E-state index in [1.165, 1.54) is 33.1 Å². The second kappa shape index (κ2) is 3.74. The molecule has 0 aromatic carbocycles. The van der Waals surface area contributed by atoms with E-state index in [1.54, 1.807) is 6.07 Å². The van der Waals surface area contributed by atoms with Crippen molar-refractivity contribution in [1.29, 1.82) is 0 Å². The summed E-state index contributed by atoms with van der Waals surface area (Å²) in [6.07, 6.45) is 0. The van der Waals surface area contributed by atoms with E-state index in [0.717, 1.165) is 0 Å². The molecular formula is C10H12FNO2. The number of rotatable bonds is 2. The summed E-state index contributed by atoms with van der Waals surface area (Å²) < 4.78 is 17.9. The Bertz CT molecular complexity index is 344. The summed E-state index contributed by atoms with van der Waals surface area (Å²) in [4.78, 5) is 15.0. The Labute approximate surface area is 81.9 Å². The maximum atomic E-state index is 13.5. The maximum absolute atomic E-state index is 13.5. The minimum absolute atomic E-state index is 0.121. The van der Waals surface area contributed by atoms with E-state index in [2.05, 4.69) is 9.72 Å². The second-order valence-corrected chi connectivity index (χ2v) is 3.37. The standard InChI is InChI=1S/C10H12FNO2/c1-10(2,11)8-6-4-5-7(12-8)9(13)14-3/h4-6H,1-3H3. The minimum Gasteiger partial charge on any atom is -0.464 e. The summed E-state index contributed by atoms with van der Waals surface area (Å²) >= 11 is 0. The fourth-order valence-corrected chi connectivity index (χ4v) is 0.984. The van der Waals surface area contributed by atoms with Gasteiger partial charge in [0.25, 0.3) is 0 Å². The van der Waals surface area contributed by atoms with Crippen LogP contribution in [0.25, 0.3) is 0 Å². The van der Waals surface area contributed by atoms with Crippen LogP contribution in [0.4, 0.5) is 4.39 Å². The Morgan fingerprint density at radius 1 is 1.50 bits per heavy atom. The molecule has 1 aromatic heterocycles. The van der Waals surface area contributed by atoms with E-state index in [-0.39, 0.29) is 11.4 Å². The number of carbonyl (C=O) groups excluding carboxylic acids is 1. The molecule has 3 nitrogen and oxygen atoms in total. The van der Waals surface area contributed by atoms with Gasteiger partial charge in [-0.05, 0) is 26.0 Å². The molecule has 0 radical (unpaired) electrons. The lowest BCUT2D eigenvalue weighted by Gasteiger charge is -2.13. The molecule has 0 N–H and O–H groups in total. The van der Waals surface area contributed by atoms with E-state index >= 15 is 0 Å². The van der Waals surface area contributed by atoms with Crippen molar-refractivity contribution in [3.8, 4) is 0 Å². The number of esters is 1. The van der Waals surface area contributed by atoms with Gasteiger partial charge in [0, 0.05) is 0 Å². The molecule has 76 valence electrons. The number of nitrogens with zero attached hydrogens (tertiary/aromatic N) is 1. The van der Waals surface area contributed by atoms with E-state index < -0.39 is 11.6 Å².